The van der Waals surface area contributed by atoms with Gasteiger partial charge in [-0.3, -0.25) is 0 Å². The Morgan fingerprint density at radius 1 is 1.33 bits per heavy atom. The minimum absolute atomic E-state index is 0.268. The Morgan fingerprint density at radius 2 is 2.10 bits per heavy atom. The van der Waals surface area contributed by atoms with Gasteiger partial charge in [-0.2, -0.15) is 0 Å². The summed E-state index contributed by atoms with van der Waals surface area (Å²) in [5, 5.41) is 5.55. The van der Waals surface area contributed by atoms with Crippen LogP contribution >= 0.6 is 34.5 Å². The number of hydrogen-bond acceptors (Lipinski definition) is 3. The molecule has 0 aliphatic heterocycles. The van der Waals surface area contributed by atoms with E-state index in [2.05, 4.69) is 19.2 Å². The standard InChI is InChI=1S/C16H18Cl2N2S/c1-16(2)7-11(19-3)14-12(8-16)20-15(21-14)9-5-4-6-10(17)13(9)18/h4-6,11,19H,7-8H2,1-3H3. The molecule has 0 bridgehead atoms. The van der Waals surface area contributed by atoms with Crippen molar-refractivity contribution in [2.24, 2.45) is 5.41 Å². The first kappa shape index (κ1) is 15.3. The predicted octanol–water partition coefficient (Wildman–Crippen LogP) is 5.35. The highest BCUT2D eigenvalue weighted by atomic mass is 35.5. The minimum atomic E-state index is 0.268. The van der Waals surface area contributed by atoms with Crippen molar-refractivity contribution in [2.45, 2.75) is 32.7 Å². The molecule has 0 saturated heterocycles. The number of nitrogens with one attached hydrogen (secondary N) is 1. The summed E-state index contributed by atoms with van der Waals surface area (Å²) in [5.74, 6) is 0. The van der Waals surface area contributed by atoms with Crippen LogP contribution in [0.3, 0.4) is 0 Å². The zero-order chi connectivity index (χ0) is 15.2. The van der Waals surface area contributed by atoms with Crippen molar-refractivity contribution in [3.05, 3.63) is 38.8 Å². The van der Waals surface area contributed by atoms with Crippen LogP contribution in [0.2, 0.25) is 10.0 Å². The van der Waals surface area contributed by atoms with E-state index in [1.165, 1.54) is 10.6 Å². The van der Waals surface area contributed by atoms with Gasteiger partial charge in [-0.05, 0) is 31.4 Å². The maximum Gasteiger partial charge on any atom is 0.125 e. The Labute approximate surface area is 139 Å². The van der Waals surface area contributed by atoms with Gasteiger partial charge in [0.05, 0.1) is 15.7 Å². The zero-order valence-electron chi connectivity index (χ0n) is 12.3. The number of hydrogen-bond donors (Lipinski definition) is 1. The first-order valence-electron chi connectivity index (χ1n) is 7.02. The number of fused-ring (bicyclic) bond motifs is 1. The number of halogens is 2. The fraction of sp³-hybridized carbons (Fsp3) is 0.438. The Balaban J connectivity index is 2.08. The third-order valence-corrected chi connectivity index (χ3v) is 6.04. The molecule has 1 aromatic heterocycles. The number of aromatic nitrogens is 1. The Hall–Kier alpha value is -0.610. The fourth-order valence-corrected chi connectivity index (χ4v) is 4.62. The van der Waals surface area contributed by atoms with E-state index in [1.807, 2.05) is 19.2 Å². The summed E-state index contributed by atoms with van der Waals surface area (Å²) < 4.78 is 0. The van der Waals surface area contributed by atoms with Gasteiger partial charge in [-0.25, -0.2) is 4.98 Å². The molecule has 0 spiro atoms. The highest BCUT2D eigenvalue weighted by Gasteiger charge is 2.34. The second-order valence-corrected chi connectivity index (χ2v) is 8.13. The third-order valence-electron chi connectivity index (χ3n) is 3.98. The van der Waals surface area contributed by atoms with E-state index in [1.54, 1.807) is 17.4 Å². The molecule has 5 heteroatoms. The van der Waals surface area contributed by atoms with Crippen LogP contribution in [0.25, 0.3) is 10.6 Å². The molecule has 1 heterocycles. The van der Waals surface area contributed by atoms with Gasteiger partial charge in [-0.1, -0.05) is 49.2 Å². The maximum absolute atomic E-state index is 6.34. The van der Waals surface area contributed by atoms with Crippen LogP contribution < -0.4 is 5.32 Å². The van der Waals surface area contributed by atoms with Crippen LogP contribution in [0.15, 0.2) is 18.2 Å². The number of benzene rings is 1. The minimum Gasteiger partial charge on any atom is -0.312 e. The fourth-order valence-electron chi connectivity index (χ4n) is 2.95. The number of thiazole rings is 1. The number of nitrogens with zero attached hydrogens (tertiary/aromatic N) is 1. The molecule has 0 fully saturated rings. The van der Waals surface area contributed by atoms with E-state index in [-0.39, 0.29) is 5.41 Å². The average Bonchev–Trinajstić information content (AvgIpc) is 2.83. The predicted molar refractivity (Wildman–Crippen MR) is 91.5 cm³/mol. The Bertz CT molecular complexity index is 679. The molecular formula is C16H18Cl2N2S. The third kappa shape index (κ3) is 2.85. The number of rotatable bonds is 2. The molecule has 0 amide bonds. The molecular weight excluding hydrogens is 323 g/mol. The molecule has 21 heavy (non-hydrogen) atoms. The zero-order valence-corrected chi connectivity index (χ0v) is 14.7. The Morgan fingerprint density at radius 3 is 2.81 bits per heavy atom. The topological polar surface area (TPSA) is 24.9 Å². The van der Waals surface area contributed by atoms with Crippen molar-refractivity contribution in [2.75, 3.05) is 7.05 Å². The summed E-state index contributed by atoms with van der Waals surface area (Å²) in [4.78, 5) is 6.19. The van der Waals surface area contributed by atoms with Gasteiger partial charge in [-0.15, -0.1) is 11.3 Å². The normalized spacial score (nSPS) is 20.3. The first-order chi connectivity index (χ1) is 9.91. The molecule has 2 aromatic rings. The van der Waals surface area contributed by atoms with Crippen LogP contribution in [-0.2, 0) is 6.42 Å². The highest BCUT2D eigenvalue weighted by molar-refractivity contribution is 7.15. The molecule has 1 N–H and O–H groups in total. The maximum atomic E-state index is 6.34. The smallest absolute Gasteiger partial charge is 0.125 e. The van der Waals surface area contributed by atoms with E-state index in [0.717, 1.165) is 23.4 Å². The van der Waals surface area contributed by atoms with Crippen molar-refractivity contribution in [1.82, 2.24) is 10.3 Å². The van der Waals surface area contributed by atoms with Gasteiger partial charge < -0.3 is 5.32 Å². The van der Waals surface area contributed by atoms with E-state index >= 15 is 0 Å². The van der Waals surface area contributed by atoms with E-state index in [4.69, 9.17) is 28.2 Å². The van der Waals surface area contributed by atoms with Gasteiger partial charge in [0, 0.05) is 16.5 Å². The average molecular weight is 341 g/mol. The van der Waals surface area contributed by atoms with Crippen molar-refractivity contribution >= 4 is 34.5 Å². The van der Waals surface area contributed by atoms with Crippen LogP contribution in [-0.4, -0.2) is 12.0 Å². The molecule has 3 rings (SSSR count). The molecule has 1 unspecified atom stereocenters. The van der Waals surface area contributed by atoms with Crippen LogP contribution in [0.5, 0.6) is 0 Å². The van der Waals surface area contributed by atoms with E-state index in [9.17, 15) is 0 Å². The molecule has 1 aromatic carbocycles. The second kappa shape index (κ2) is 5.54. The largest absolute Gasteiger partial charge is 0.312 e. The molecule has 112 valence electrons. The molecule has 0 radical (unpaired) electrons. The van der Waals surface area contributed by atoms with Crippen molar-refractivity contribution in [3.8, 4) is 10.6 Å². The van der Waals surface area contributed by atoms with Gasteiger partial charge >= 0.3 is 0 Å². The van der Waals surface area contributed by atoms with E-state index < -0.39 is 0 Å². The van der Waals surface area contributed by atoms with Crippen molar-refractivity contribution < 1.29 is 0 Å². The van der Waals surface area contributed by atoms with Crippen LogP contribution in [0.1, 0.15) is 36.9 Å². The molecule has 2 nitrogen and oxygen atoms in total. The van der Waals surface area contributed by atoms with Gasteiger partial charge in [0.15, 0.2) is 0 Å². The van der Waals surface area contributed by atoms with Crippen LogP contribution in [0.4, 0.5) is 0 Å². The van der Waals surface area contributed by atoms with E-state index in [0.29, 0.717) is 16.1 Å². The molecule has 1 aliphatic rings. The Kier molecular flexibility index (Phi) is 4.04. The molecule has 1 atom stereocenters. The van der Waals surface area contributed by atoms with Crippen molar-refractivity contribution in [3.63, 3.8) is 0 Å². The lowest BCUT2D eigenvalue weighted by Crippen LogP contribution is -2.30. The summed E-state index contributed by atoms with van der Waals surface area (Å²) in [6.07, 6.45) is 2.14. The monoisotopic (exact) mass is 340 g/mol. The second-order valence-electron chi connectivity index (χ2n) is 6.32. The summed E-state index contributed by atoms with van der Waals surface area (Å²) in [5.41, 5.74) is 2.39. The lowest BCUT2D eigenvalue weighted by molar-refractivity contribution is 0.265. The van der Waals surface area contributed by atoms with Gasteiger partial charge in [0.1, 0.15) is 5.01 Å². The van der Waals surface area contributed by atoms with Gasteiger partial charge in [0.25, 0.3) is 0 Å². The quantitative estimate of drug-likeness (QED) is 0.796. The summed E-state index contributed by atoms with van der Waals surface area (Å²) in [7, 11) is 2.02. The SMILES string of the molecule is CNC1CC(C)(C)Cc2nc(-c3cccc(Cl)c3Cl)sc21. The first-order valence-corrected chi connectivity index (χ1v) is 8.60. The summed E-state index contributed by atoms with van der Waals surface area (Å²) in [6, 6.07) is 6.08. The molecule has 1 aliphatic carbocycles. The lowest BCUT2D eigenvalue weighted by Gasteiger charge is -2.34. The summed E-state index contributed by atoms with van der Waals surface area (Å²) >= 11 is 14.2. The summed E-state index contributed by atoms with van der Waals surface area (Å²) in [6.45, 7) is 4.59. The molecule has 0 saturated carbocycles. The van der Waals surface area contributed by atoms with Crippen LogP contribution in [0, 0.1) is 5.41 Å². The van der Waals surface area contributed by atoms with Gasteiger partial charge in [0.2, 0.25) is 0 Å². The lowest BCUT2D eigenvalue weighted by atomic mass is 9.76. The highest BCUT2D eigenvalue weighted by Crippen LogP contribution is 2.46. The van der Waals surface area contributed by atoms with Crippen molar-refractivity contribution in [1.29, 1.82) is 0 Å².